The molecule has 3 N–H and O–H groups in total. The largest absolute Gasteiger partial charge is 0.468 e. The highest BCUT2D eigenvalue weighted by Gasteiger charge is 2.10. The lowest BCUT2D eigenvalue weighted by Crippen LogP contribution is -2.42. The van der Waals surface area contributed by atoms with E-state index in [1.165, 1.54) is 5.56 Å². The van der Waals surface area contributed by atoms with Crippen LogP contribution < -0.4 is 11.1 Å². The summed E-state index contributed by atoms with van der Waals surface area (Å²) in [6, 6.07) is 2.04. The summed E-state index contributed by atoms with van der Waals surface area (Å²) >= 11 is 0. The number of hydrogen-bond acceptors (Lipinski definition) is 4. The van der Waals surface area contributed by atoms with Gasteiger partial charge in [0.15, 0.2) is 0 Å². The van der Waals surface area contributed by atoms with Gasteiger partial charge in [-0.05, 0) is 6.07 Å². The van der Waals surface area contributed by atoms with Gasteiger partial charge in [0.25, 0.3) is 0 Å². The minimum absolute atomic E-state index is 0.488. The van der Waals surface area contributed by atoms with E-state index in [-0.39, 0.29) is 0 Å². The van der Waals surface area contributed by atoms with E-state index in [1.54, 1.807) is 0 Å². The van der Waals surface area contributed by atoms with Gasteiger partial charge >= 0.3 is 0 Å². The van der Waals surface area contributed by atoms with Crippen LogP contribution in [-0.4, -0.2) is 31.1 Å². The fraction of sp³-hybridized carbons (Fsp3) is 0.600. The Kier molecular flexibility index (Phi) is 3.18. The van der Waals surface area contributed by atoms with Gasteiger partial charge in [-0.3, -0.25) is 4.90 Å². The molecule has 1 aliphatic rings. The maximum absolute atomic E-state index is 5.48. The van der Waals surface area contributed by atoms with Crippen LogP contribution in [0.5, 0.6) is 0 Å². The summed E-state index contributed by atoms with van der Waals surface area (Å²) in [5.74, 6) is 0.870. The van der Waals surface area contributed by atoms with Crippen LogP contribution >= 0.6 is 0 Å². The molecular weight excluding hydrogens is 178 g/mol. The third-order valence-corrected chi connectivity index (χ3v) is 2.53. The van der Waals surface area contributed by atoms with Crippen molar-refractivity contribution in [3.63, 3.8) is 0 Å². The smallest absolute Gasteiger partial charge is 0.117 e. The number of furan rings is 1. The predicted molar refractivity (Wildman–Crippen MR) is 54.7 cm³/mol. The maximum atomic E-state index is 5.48. The molecule has 1 aromatic heterocycles. The van der Waals surface area contributed by atoms with Crippen LogP contribution in [0.15, 0.2) is 16.7 Å². The van der Waals surface area contributed by atoms with E-state index in [2.05, 4.69) is 10.2 Å². The van der Waals surface area contributed by atoms with Gasteiger partial charge in [0.05, 0.1) is 12.8 Å². The Hall–Kier alpha value is -0.840. The van der Waals surface area contributed by atoms with Crippen molar-refractivity contribution in [2.45, 2.75) is 13.1 Å². The van der Waals surface area contributed by atoms with Gasteiger partial charge in [-0.1, -0.05) is 0 Å². The van der Waals surface area contributed by atoms with Crippen molar-refractivity contribution in [1.29, 1.82) is 0 Å². The highest BCUT2D eigenvalue weighted by molar-refractivity contribution is 5.12. The third kappa shape index (κ3) is 2.35. The molecule has 2 rings (SSSR count). The molecule has 0 saturated carbocycles. The van der Waals surface area contributed by atoms with Crippen molar-refractivity contribution >= 4 is 0 Å². The average molecular weight is 195 g/mol. The van der Waals surface area contributed by atoms with Gasteiger partial charge in [0.2, 0.25) is 0 Å². The van der Waals surface area contributed by atoms with Crippen LogP contribution in [0.3, 0.4) is 0 Å². The molecule has 0 spiro atoms. The number of nitrogens with two attached hydrogens (primary N) is 1. The molecule has 14 heavy (non-hydrogen) atoms. The molecule has 1 aliphatic heterocycles. The molecule has 2 heterocycles. The summed E-state index contributed by atoms with van der Waals surface area (Å²) in [5.41, 5.74) is 6.71. The van der Waals surface area contributed by atoms with E-state index >= 15 is 0 Å². The van der Waals surface area contributed by atoms with Crippen molar-refractivity contribution in [1.82, 2.24) is 10.2 Å². The molecule has 0 atom stereocenters. The van der Waals surface area contributed by atoms with Crippen molar-refractivity contribution < 1.29 is 4.42 Å². The van der Waals surface area contributed by atoms with Gasteiger partial charge < -0.3 is 15.5 Å². The minimum atomic E-state index is 0.488. The first-order valence-electron chi connectivity index (χ1n) is 5.08. The normalized spacial score (nSPS) is 18.6. The molecule has 1 aromatic rings. The first-order valence-corrected chi connectivity index (χ1v) is 5.08. The molecule has 4 nitrogen and oxygen atoms in total. The van der Waals surface area contributed by atoms with Crippen LogP contribution in [0.25, 0.3) is 0 Å². The summed E-state index contributed by atoms with van der Waals surface area (Å²) in [7, 11) is 0. The lowest BCUT2D eigenvalue weighted by molar-refractivity contribution is 0.232. The fourth-order valence-electron chi connectivity index (χ4n) is 1.74. The zero-order valence-electron chi connectivity index (χ0n) is 8.33. The standard InChI is InChI=1S/C10H17N3O/c11-6-10-5-9(8-14-10)7-13-3-1-12-2-4-13/h5,8,12H,1-4,6-7,11H2. The van der Waals surface area contributed by atoms with E-state index < -0.39 is 0 Å². The molecule has 0 unspecified atom stereocenters. The maximum Gasteiger partial charge on any atom is 0.117 e. The Bertz CT molecular complexity index is 279. The SMILES string of the molecule is NCc1cc(CN2CCNCC2)co1. The van der Waals surface area contributed by atoms with Gasteiger partial charge in [-0.2, -0.15) is 0 Å². The van der Waals surface area contributed by atoms with Crippen LogP contribution in [0, 0.1) is 0 Å². The zero-order valence-corrected chi connectivity index (χ0v) is 8.33. The Labute approximate surface area is 84.1 Å². The van der Waals surface area contributed by atoms with E-state index in [1.807, 2.05) is 12.3 Å². The average Bonchev–Trinajstić information content (AvgIpc) is 2.67. The second-order valence-electron chi connectivity index (χ2n) is 3.65. The van der Waals surface area contributed by atoms with Gasteiger partial charge in [-0.15, -0.1) is 0 Å². The fourth-order valence-corrected chi connectivity index (χ4v) is 1.74. The van der Waals surface area contributed by atoms with E-state index in [9.17, 15) is 0 Å². The highest BCUT2D eigenvalue weighted by Crippen LogP contribution is 2.10. The van der Waals surface area contributed by atoms with Crippen LogP contribution in [0.4, 0.5) is 0 Å². The molecule has 0 amide bonds. The predicted octanol–water partition coefficient (Wildman–Crippen LogP) is 0.144. The molecule has 0 aromatic carbocycles. The Morgan fingerprint density at radius 1 is 1.43 bits per heavy atom. The van der Waals surface area contributed by atoms with Crippen LogP contribution in [-0.2, 0) is 13.1 Å². The van der Waals surface area contributed by atoms with E-state index in [0.29, 0.717) is 6.54 Å². The highest BCUT2D eigenvalue weighted by atomic mass is 16.3. The number of nitrogens with zero attached hydrogens (tertiary/aromatic N) is 1. The van der Waals surface area contributed by atoms with Gasteiger partial charge in [0.1, 0.15) is 5.76 Å². The number of rotatable bonds is 3. The monoisotopic (exact) mass is 195 g/mol. The van der Waals surface area contributed by atoms with E-state index in [4.69, 9.17) is 10.2 Å². The quantitative estimate of drug-likeness (QED) is 0.720. The number of hydrogen-bond donors (Lipinski definition) is 2. The molecule has 0 radical (unpaired) electrons. The number of piperazine rings is 1. The molecule has 0 aliphatic carbocycles. The van der Waals surface area contributed by atoms with Crippen molar-refractivity contribution in [3.05, 3.63) is 23.7 Å². The first-order chi connectivity index (χ1) is 6.88. The Morgan fingerprint density at radius 3 is 2.86 bits per heavy atom. The van der Waals surface area contributed by atoms with Crippen molar-refractivity contribution in [2.75, 3.05) is 26.2 Å². The summed E-state index contributed by atoms with van der Waals surface area (Å²) in [5, 5.41) is 3.33. The first kappa shape index (κ1) is 9.71. The Morgan fingerprint density at radius 2 is 2.21 bits per heavy atom. The zero-order chi connectivity index (χ0) is 9.80. The third-order valence-electron chi connectivity index (χ3n) is 2.53. The van der Waals surface area contributed by atoms with Crippen LogP contribution in [0.1, 0.15) is 11.3 Å². The lowest BCUT2D eigenvalue weighted by Gasteiger charge is -2.26. The second-order valence-corrected chi connectivity index (χ2v) is 3.65. The topological polar surface area (TPSA) is 54.4 Å². The molecule has 78 valence electrons. The molecule has 1 fully saturated rings. The Balaban J connectivity index is 1.89. The van der Waals surface area contributed by atoms with Crippen molar-refractivity contribution in [2.24, 2.45) is 5.73 Å². The summed E-state index contributed by atoms with van der Waals surface area (Å²) in [6.45, 7) is 5.86. The van der Waals surface area contributed by atoms with Crippen molar-refractivity contribution in [3.8, 4) is 0 Å². The number of nitrogens with one attached hydrogen (secondary N) is 1. The molecule has 1 saturated heterocycles. The summed E-state index contributed by atoms with van der Waals surface area (Å²) in [6.07, 6.45) is 1.81. The summed E-state index contributed by atoms with van der Waals surface area (Å²) < 4.78 is 5.29. The minimum Gasteiger partial charge on any atom is -0.468 e. The molecular formula is C10H17N3O. The van der Waals surface area contributed by atoms with Gasteiger partial charge in [-0.25, -0.2) is 0 Å². The molecule has 4 heteroatoms. The van der Waals surface area contributed by atoms with Crippen LogP contribution in [0.2, 0.25) is 0 Å². The lowest BCUT2D eigenvalue weighted by atomic mass is 10.2. The van der Waals surface area contributed by atoms with E-state index in [0.717, 1.165) is 38.5 Å². The van der Waals surface area contributed by atoms with Gasteiger partial charge in [0, 0.05) is 38.3 Å². The second kappa shape index (κ2) is 4.59. The molecule has 0 bridgehead atoms. The summed E-state index contributed by atoms with van der Waals surface area (Å²) in [4.78, 5) is 2.42.